The number of morpholine rings is 1. The van der Waals surface area contributed by atoms with Crippen LogP contribution in [0.3, 0.4) is 0 Å². The fourth-order valence-electron chi connectivity index (χ4n) is 3.73. The number of epoxide rings is 1. The van der Waals surface area contributed by atoms with Crippen LogP contribution in [0.4, 0.5) is 5.69 Å². The van der Waals surface area contributed by atoms with Crippen molar-refractivity contribution < 1.29 is 22.6 Å². The van der Waals surface area contributed by atoms with E-state index in [-0.39, 0.29) is 4.90 Å². The molecule has 2 saturated heterocycles. The summed E-state index contributed by atoms with van der Waals surface area (Å²) in [5.41, 5.74) is 2.08. The Kier molecular flexibility index (Phi) is 5.91. The van der Waals surface area contributed by atoms with Crippen molar-refractivity contribution in [3.63, 3.8) is 0 Å². The second-order valence-electron chi connectivity index (χ2n) is 7.35. The molecule has 10 heteroatoms. The van der Waals surface area contributed by atoms with Crippen molar-refractivity contribution in [1.29, 1.82) is 0 Å². The number of hydrogen-bond acceptors (Lipinski definition) is 6. The van der Waals surface area contributed by atoms with Crippen LogP contribution in [0.15, 0.2) is 35.2 Å². The maximum absolute atomic E-state index is 12.3. The van der Waals surface area contributed by atoms with Gasteiger partial charge in [-0.15, -0.1) is 0 Å². The fraction of sp³-hybridized carbons (Fsp3) is 0.400. The van der Waals surface area contributed by atoms with Gasteiger partial charge in [-0.3, -0.25) is 0 Å². The molecule has 2 N–H and O–H groups in total. The Bertz CT molecular complexity index is 1070. The van der Waals surface area contributed by atoms with Crippen LogP contribution >= 0.6 is 23.2 Å². The van der Waals surface area contributed by atoms with Crippen LogP contribution in [-0.4, -0.2) is 47.6 Å². The minimum absolute atomic E-state index is 0.0920. The minimum atomic E-state index is -3.93. The standard InChI is InChI=1S/C20H22Cl2N2O5S/c1-27-19-15(16(21)6-7-17(19)22)5-3-13-2-4-14(10-18(13)30(23,25)26)24-8-9-28-20(11-24)12-29-20/h2,4,6-7,10H,3,5,8-9,11-12H2,1H3,(H2,23,25,26). The number of halogens is 2. The van der Waals surface area contributed by atoms with Crippen molar-refractivity contribution in [2.45, 2.75) is 23.5 Å². The van der Waals surface area contributed by atoms with Crippen LogP contribution in [0.5, 0.6) is 5.75 Å². The van der Waals surface area contributed by atoms with E-state index in [1.165, 1.54) is 7.11 Å². The summed E-state index contributed by atoms with van der Waals surface area (Å²) in [7, 11) is -2.41. The van der Waals surface area contributed by atoms with E-state index in [1.54, 1.807) is 24.3 Å². The van der Waals surface area contributed by atoms with Gasteiger partial charge in [0.1, 0.15) is 12.4 Å². The molecule has 1 atom stereocenters. The first kappa shape index (κ1) is 21.7. The summed E-state index contributed by atoms with van der Waals surface area (Å²) >= 11 is 12.5. The molecule has 2 aromatic rings. The molecule has 1 spiro atoms. The van der Waals surface area contributed by atoms with Gasteiger partial charge in [0.05, 0.1) is 30.2 Å². The molecule has 2 aliphatic rings. The van der Waals surface area contributed by atoms with Crippen molar-refractivity contribution in [3.8, 4) is 5.75 Å². The van der Waals surface area contributed by atoms with Gasteiger partial charge in [-0.2, -0.15) is 0 Å². The van der Waals surface area contributed by atoms with Crippen molar-refractivity contribution in [2.24, 2.45) is 5.14 Å². The van der Waals surface area contributed by atoms with E-state index >= 15 is 0 Å². The molecule has 2 heterocycles. The summed E-state index contributed by atoms with van der Waals surface area (Å²) < 4.78 is 41.1. The second kappa shape index (κ2) is 8.18. The quantitative estimate of drug-likeness (QED) is 0.649. The molecule has 0 bridgehead atoms. The molecule has 1 unspecified atom stereocenters. The second-order valence-corrected chi connectivity index (χ2v) is 9.69. The molecule has 0 amide bonds. The Morgan fingerprint density at radius 1 is 1.17 bits per heavy atom. The first-order chi connectivity index (χ1) is 14.2. The molecule has 0 saturated carbocycles. The molecule has 0 aliphatic carbocycles. The third-order valence-electron chi connectivity index (χ3n) is 5.35. The van der Waals surface area contributed by atoms with Gasteiger partial charge in [-0.05, 0) is 42.7 Å². The smallest absolute Gasteiger partial charge is 0.238 e. The normalized spacial score (nSPS) is 21.1. The van der Waals surface area contributed by atoms with Gasteiger partial charge in [0.15, 0.2) is 0 Å². The van der Waals surface area contributed by atoms with E-state index in [2.05, 4.69) is 0 Å². The third kappa shape index (κ3) is 4.39. The highest BCUT2D eigenvalue weighted by Gasteiger charge is 2.50. The lowest BCUT2D eigenvalue weighted by Crippen LogP contribution is -2.45. The van der Waals surface area contributed by atoms with Gasteiger partial charge >= 0.3 is 0 Å². The first-order valence-electron chi connectivity index (χ1n) is 9.42. The maximum atomic E-state index is 12.3. The Hall–Kier alpha value is -1.55. The van der Waals surface area contributed by atoms with Gasteiger partial charge in [0.2, 0.25) is 15.8 Å². The van der Waals surface area contributed by atoms with Crippen LogP contribution in [0.2, 0.25) is 10.0 Å². The number of primary sulfonamides is 1. The number of hydrogen-bond donors (Lipinski definition) is 1. The van der Waals surface area contributed by atoms with E-state index in [1.807, 2.05) is 11.0 Å². The van der Waals surface area contributed by atoms with E-state index in [9.17, 15) is 8.42 Å². The number of rotatable bonds is 6. The summed E-state index contributed by atoms with van der Waals surface area (Å²) in [5, 5.41) is 6.49. The number of aryl methyl sites for hydroxylation is 1. The predicted octanol–water partition coefficient (Wildman–Crippen LogP) is 3.00. The van der Waals surface area contributed by atoms with E-state index in [4.69, 9.17) is 42.6 Å². The van der Waals surface area contributed by atoms with Gasteiger partial charge < -0.3 is 19.1 Å². The van der Waals surface area contributed by atoms with Crippen molar-refractivity contribution in [2.75, 3.05) is 38.3 Å². The summed E-state index contributed by atoms with van der Waals surface area (Å²) in [6.45, 7) is 2.25. The molecule has 30 heavy (non-hydrogen) atoms. The first-order valence-corrected chi connectivity index (χ1v) is 11.7. The summed E-state index contributed by atoms with van der Waals surface area (Å²) in [5.74, 6) is -0.0700. The van der Waals surface area contributed by atoms with Crippen LogP contribution in [-0.2, 0) is 32.3 Å². The molecule has 2 fully saturated rings. The van der Waals surface area contributed by atoms with E-state index < -0.39 is 15.8 Å². The average Bonchev–Trinajstić information content (AvgIpc) is 3.46. The molecule has 2 aliphatic heterocycles. The number of nitrogens with two attached hydrogens (primary N) is 1. The lowest BCUT2D eigenvalue weighted by molar-refractivity contribution is -0.0518. The van der Waals surface area contributed by atoms with Gasteiger partial charge in [-0.25, -0.2) is 13.6 Å². The van der Waals surface area contributed by atoms with Crippen molar-refractivity contribution >= 4 is 38.9 Å². The zero-order valence-electron chi connectivity index (χ0n) is 16.4. The number of ether oxygens (including phenoxy) is 3. The highest BCUT2D eigenvalue weighted by Crippen LogP contribution is 2.37. The average molecular weight is 473 g/mol. The Morgan fingerprint density at radius 2 is 1.90 bits per heavy atom. The van der Waals surface area contributed by atoms with Crippen LogP contribution in [0, 0.1) is 0 Å². The SMILES string of the molecule is COc1c(Cl)ccc(Cl)c1CCc1ccc(N2CCOC3(CO3)C2)cc1S(N)(=O)=O. The Balaban J connectivity index is 1.62. The fourth-order valence-corrected chi connectivity index (χ4v) is 5.05. The highest BCUT2D eigenvalue weighted by molar-refractivity contribution is 7.89. The number of methoxy groups -OCH3 is 1. The summed E-state index contributed by atoms with van der Waals surface area (Å²) in [6, 6.07) is 8.65. The number of benzene rings is 2. The number of anilines is 1. The highest BCUT2D eigenvalue weighted by atomic mass is 35.5. The largest absolute Gasteiger partial charge is 0.495 e. The Morgan fingerprint density at radius 3 is 2.57 bits per heavy atom. The number of sulfonamides is 1. The lowest BCUT2D eigenvalue weighted by atomic mass is 10.0. The lowest BCUT2D eigenvalue weighted by Gasteiger charge is -2.33. The topological polar surface area (TPSA) is 94.4 Å². The molecular formula is C20H22Cl2N2O5S. The van der Waals surface area contributed by atoms with E-state index in [0.29, 0.717) is 60.5 Å². The molecule has 7 nitrogen and oxygen atoms in total. The molecular weight excluding hydrogens is 451 g/mol. The molecule has 4 rings (SSSR count). The predicted molar refractivity (Wildman–Crippen MR) is 115 cm³/mol. The summed E-state index contributed by atoms with van der Waals surface area (Å²) in [4.78, 5) is 2.14. The Labute approximate surface area is 185 Å². The minimum Gasteiger partial charge on any atom is -0.495 e. The maximum Gasteiger partial charge on any atom is 0.238 e. The van der Waals surface area contributed by atoms with Crippen molar-refractivity contribution in [1.82, 2.24) is 0 Å². The van der Waals surface area contributed by atoms with E-state index in [0.717, 1.165) is 11.3 Å². The molecule has 0 aromatic heterocycles. The van der Waals surface area contributed by atoms with Gasteiger partial charge in [0.25, 0.3) is 0 Å². The van der Waals surface area contributed by atoms with Gasteiger partial charge in [-0.1, -0.05) is 29.3 Å². The monoisotopic (exact) mass is 472 g/mol. The van der Waals surface area contributed by atoms with Crippen LogP contribution in [0.1, 0.15) is 11.1 Å². The zero-order valence-corrected chi connectivity index (χ0v) is 18.7. The molecule has 0 radical (unpaired) electrons. The van der Waals surface area contributed by atoms with Crippen LogP contribution < -0.4 is 14.8 Å². The van der Waals surface area contributed by atoms with Gasteiger partial charge in [0, 0.05) is 22.8 Å². The molecule has 162 valence electrons. The zero-order chi connectivity index (χ0) is 21.5. The van der Waals surface area contributed by atoms with Crippen LogP contribution in [0.25, 0.3) is 0 Å². The third-order valence-corrected chi connectivity index (χ3v) is 7.00. The summed E-state index contributed by atoms with van der Waals surface area (Å²) in [6.07, 6.45) is 0.845. The number of nitrogens with zero attached hydrogens (tertiary/aromatic N) is 1. The van der Waals surface area contributed by atoms with Crippen molar-refractivity contribution in [3.05, 3.63) is 51.5 Å². The molecule has 2 aromatic carbocycles.